The van der Waals surface area contributed by atoms with Gasteiger partial charge in [-0.3, -0.25) is 14.5 Å². The average Bonchev–Trinajstić information content (AvgIpc) is 3.17. The smallest absolute Gasteiger partial charge is 0.307 e. The molecule has 5 heteroatoms. The van der Waals surface area contributed by atoms with E-state index in [9.17, 15) is 9.59 Å². The Bertz CT molecular complexity index is 337. The molecule has 1 heterocycles. The molecule has 3 atom stereocenters. The summed E-state index contributed by atoms with van der Waals surface area (Å²) in [5, 5.41) is 8.84. The van der Waals surface area contributed by atoms with Crippen LogP contribution in [-0.4, -0.2) is 59.0 Å². The van der Waals surface area contributed by atoms with Gasteiger partial charge in [-0.25, -0.2) is 0 Å². The summed E-state index contributed by atoms with van der Waals surface area (Å²) in [5.41, 5.74) is 0. The van der Waals surface area contributed by atoms with E-state index in [1.165, 1.54) is 0 Å². The SMILES string of the molecule is CCC(C)N1CCN(C(=O)C2CC2C(=O)O)CC1. The van der Waals surface area contributed by atoms with Gasteiger partial charge in [0.05, 0.1) is 11.8 Å². The summed E-state index contributed by atoms with van der Waals surface area (Å²) < 4.78 is 0. The minimum Gasteiger partial charge on any atom is -0.481 e. The topological polar surface area (TPSA) is 60.9 Å². The summed E-state index contributed by atoms with van der Waals surface area (Å²) in [4.78, 5) is 27.1. The van der Waals surface area contributed by atoms with E-state index in [1.54, 1.807) is 0 Å². The normalized spacial score (nSPS) is 30.0. The largest absolute Gasteiger partial charge is 0.481 e. The molecule has 1 saturated heterocycles. The van der Waals surface area contributed by atoms with Crippen LogP contribution in [0.4, 0.5) is 0 Å². The number of rotatable bonds is 4. The summed E-state index contributed by atoms with van der Waals surface area (Å²) in [5.74, 6) is -1.46. The van der Waals surface area contributed by atoms with Gasteiger partial charge in [-0.15, -0.1) is 0 Å². The zero-order valence-electron chi connectivity index (χ0n) is 11.1. The molecule has 2 aliphatic rings. The van der Waals surface area contributed by atoms with Gasteiger partial charge < -0.3 is 10.0 Å². The first-order chi connectivity index (χ1) is 8.54. The second kappa shape index (κ2) is 5.26. The van der Waals surface area contributed by atoms with E-state index >= 15 is 0 Å². The van der Waals surface area contributed by atoms with Crippen molar-refractivity contribution in [2.24, 2.45) is 11.8 Å². The molecule has 0 aromatic rings. The average molecular weight is 254 g/mol. The number of aliphatic carboxylic acids is 1. The lowest BCUT2D eigenvalue weighted by atomic mass is 10.1. The van der Waals surface area contributed by atoms with Crippen LogP contribution in [0.25, 0.3) is 0 Å². The molecule has 5 nitrogen and oxygen atoms in total. The van der Waals surface area contributed by atoms with Crippen molar-refractivity contribution < 1.29 is 14.7 Å². The van der Waals surface area contributed by atoms with Crippen molar-refractivity contribution >= 4 is 11.9 Å². The summed E-state index contributed by atoms with van der Waals surface area (Å²) in [6.45, 7) is 7.68. The Balaban J connectivity index is 1.80. The van der Waals surface area contributed by atoms with Gasteiger partial charge in [-0.2, -0.15) is 0 Å². The van der Waals surface area contributed by atoms with Crippen LogP contribution in [0.5, 0.6) is 0 Å². The minimum absolute atomic E-state index is 0.0474. The molecule has 1 saturated carbocycles. The maximum absolute atomic E-state index is 12.1. The molecule has 1 N–H and O–H groups in total. The quantitative estimate of drug-likeness (QED) is 0.800. The van der Waals surface area contributed by atoms with Gasteiger partial charge in [-0.1, -0.05) is 6.92 Å². The third-order valence-electron chi connectivity index (χ3n) is 4.26. The van der Waals surface area contributed by atoms with Crippen molar-refractivity contribution in [3.8, 4) is 0 Å². The number of carboxylic acids is 1. The van der Waals surface area contributed by atoms with Gasteiger partial charge in [0.2, 0.25) is 5.91 Å². The van der Waals surface area contributed by atoms with Crippen LogP contribution >= 0.6 is 0 Å². The van der Waals surface area contributed by atoms with Crippen LogP contribution in [0.2, 0.25) is 0 Å². The molecule has 1 aliphatic carbocycles. The molecule has 18 heavy (non-hydrogen) atoms. The van der Waals surface area contributed by atoms with E-state index in [4.69, 9.17) is 5.11 Å². The van der Waals surface area contributed by atoms with Gasteiger partial charge in [0.15, 0.2) is 0 Å². The van der Waals surface area contributed by atoms with Gasteiger partial charge in [0.1, 0.15) is 0 Å². The Kier molecular flexibility index (Phi) is 3.90. The summed E-state index contributed by atoms with van der Waals surface area (Å²) in [6, 6.07) is 0.565. The predicted molar refractivity (Wildman–Crippen MR) is 67.1 cm³/mol. The molecule has 0 bridgehead atoms. The van der Waals surface area contributed by atoms with E-state index in [-0.39, 0.29) is 11.8 Å². The lowest BCUT2D eigenvalue weighted by Crippen LogP contribution is -2.51. The fraction of sp³-hybridized carbons (Fsp3) is 0.846. The van der Waals surface area contributed by atoms with E-state index in [2.05, 4.69) is 18.7 Å². The van der Waals surface area contributed by atoms with Crippen molar-refractivity contribution in [3.05, 3.63) is 0 Å². The third kappa shape index (κ3) is 2.66. The van der Waals surface area contributed by atoms with Gasteiger partial charge in [0, 0.05) is 32.2 Å². The van der Waals surface area contributed by atoms with Crippen LogP contribution < -0.4 is 0 Å². The molecular formula is C13H22N2O3. The molecular weight excluding hydrogens is 232 g/mol. The number of piperazine rings is 1. The third-order valence-corrected chi connectivity index (χ3v) is 4.26. The highest BCUT2D eigenvalue weighted by Gasteiger charge is 2.50. The lowest BCUT2D eigenvalue weighted by molar-refractivity contribution is -0.142. The van der Waals surface area contributed by atoms with Gasteiger partial charge in [-0.05, 0) is 19.8 Å². The summed E-state index contributed by atoms with van der Waals surface area (Å²) in [6.07, 6.45) is 1.65. The van der Waals surface area contributed by atoms with Crippen molar-refractivity contribution in [1.29, 1.82) is 0 Å². The predicted octanol–water partition coefficient (Wildman–Crippen LogP) is 0.650. The Labute approximate surface area is 108 Å². The highest BCUT2D eigenvalue weighted by molar-refractivity contribution is 5.89. The zero-order valence-corrected chi connectivity index (χ0v) is 11.1. The molecule has 0 spiro atoms. The Morgan fingerprint density at radius 3 is 2.28 bits per heavy atom. The molecule has 1 aliphatic heterocycles. The van der Waals surface area contributed by atoms with Gasteiger partial charge in [0.25, 0.3) is 0 Å². The van der Waals surface area contributed by atoms with Gasteiger partial charge >= 0.3 is 5.97 Å². The minimum atomic E-state index is -0.827. The molecule has 2 rings (SSSR count). The van der Waals surface area contributed by atoms with Crippen molar-refractivity contribution in [2.45, 2.75) is 32.7 Å². The Hall–Kier alpha value is -1.10. The number of hydrogen-bond donors (Lipinski definition) is 1. The van der Waals surface area contributed by atoms with Crippen molar-refractivity contribution in [1.82, 2.24) is 9.80 Å². The van der Waals surface area contributed by atoms with Crippen LogP contribution in [0.1, 0.15) is 26.7 Å². The number of carboxylic acid groups (broad SMARTS) is 1. The zero-order chi connectivity index (χ0) is 13.3. The number of carbonyl (C=O) groups excluding carboxylic acids is 1. The maximum atomic E-state index is 12.1. The van der Waals surface area contributed by atoms with Crippen LogP contribution in [0.3, 0.4) is 0 Å². The Morgan fingerprint density at radius 1 is 1.22 bits per heavy atom. The maximum Gasteiger partial charge on any atom is 0.307 e. The lowest BCUT2D eigenvalue weighted by Gasteiger charge is -2.38. The van der Waals surface area contributed by atoms with E-state index in [0.29, 0.717) is 12.5 Å². The van der Waals surface area contributed by atoms with E-state index < -0.39 is 11.9 Å². The molecule has 2 fully saturated rings. The monoisotopic (exact) mass is 254 g/mol. The molecule has 1 amide bonds. The van der Waals surface area contributed by atoms with Crippen molar-refractivity contribution in [3.63, 3.8) is 0 Å². The first kappa shape index (κ1) is 13.3. The van der Waals surface area contributed by atoms with E-state index in [1.807, 2.05) is 4.90 Å². The number of carbonyl (C=O) groups is 2. The fourth-order valence-corrected chi connectivity index (χ4v) is 2.62. The summed E-state index contributed by atoms with van der Waals surface area (Å²) >= 11 is 0. The number of amides is 1. The number of nitrogens with zero attached hydrogens (tertiary/aromatic N) is 2. The first-order valence-corrected chi connectivity index (χ1v) is 6.80. The van der Waals surface area contributed by atoms with Crippen LogP contribution in [-0.2, 0) is 9.59 Å². The molecule has 3 unspecified atom stereocenters. The Morgan fingerprint density at radius 2 is 1.83 bits per heavy atom. The second-order valence-corrected chi connectivity index (χ2v) is 5.41. The first-order valence-electron chi connectivity index (χ1n) is 6.80. The molecule has 102 valence electrons. The standard InChI is InChI=1S/C13H22N2O3/c1-3-9(2)14-4-6-15(7-5-14)12(16)10-8-11(10)13(17)18/h9-11H,3-8H2,1-2H3,(H,17,18). The van der Waals surface area contributed by atoms with Crippen LogP contribution in [0, 0.1) is 11.8 Å². The fourth-order valence-electron chi connectivity index (χ4n) is 2.62. The molecule has 0 radical (unpaired) electrons. The van der Waals surface area contributed by atoms with Crippen LogP contribution in [0.15, 0.2) is 0 Å². The highest BCUT2D eigenvalue weighted by Crippen LogP contribution is 2.40. The second-order valence-electron chi connectivity index (χ2n) is 5.41. The summed E-state index contributed by atoms with van der Waals surface area (Å²) in [7, 11) is 0. The number of hydrogen-bond acceptors (Lipinski definition) is 3. The molecule has 0 aromatic carbocycles. The van der Waals surface area contributed by atoms with Crippen molar-refractivity contribution in [2.75, 3.05) is 26.2 Å². The molecule has 0 aromatic heterocycles. The van der Waals surface area contributed by atoms with E-state index in [0.717, 1.165) is 32.6 Å². The highest BCUT2D eigenvalue weighted by atomic mass is 16.4.